The van der Waals surface area contributed by atoms with Crippen LogP contribution in [0.5, 0.6) is 0 Å². The number of hydrogen-bond donors (Lipinski definition) is 1. The fourth-order valence-electron chi connectivity index (χ4n) is 3.33. The maximum atomic E-state index is 13.3. The number of benzene rings is 1. The van der Waals surface area contributed by atoms with Gasteiger partial charge < -0.3 is 10.1 Å². The highest BCUT2D eigenvalue weighted by Crippen LogP contribution is 2.31. The molecule has 0 bridgehead atoms. The fraction of sp³-hybridized carbons (Fsp3) is 0.318. The predicted molar refractivity (Wildman–Crippen MR) is 122 cm³/mol. The van der Waals surface area contributed by atoms with E-state index in [0.717, 1.165) is 15.4 Å². The smallest absolute Gasteiger partial charge is 0.251 e. The minimum absolute atomic E-state index is 0.100. The van der Waals surface area contributed by atoms with Crippen LogP contribution in [0, 0.1) is 13.8 Å². The van der Waals surface area contributed by atoms with Crippen molar-refractivity contribution in [2.45, 2.75) is 25.3 Å². The molecule has 0 radical (unpaired) electrons. The molecule has 0 unspecified atom stereocenters. The van der Waals surface area contributed by atoms with Crippen molar-refractivity contribution in [3.8, 4) is 10.4 Å². The van der Waals surface area contributed by atoms with Gasteiger partial charge in [0, 0.05) is 34.6 Å². The number of aryl methyl sites for hydroxylation is 2. The first-order chi connectivity index (χ1) is 15.3. The molecule has 1 N–H and O–H groups in total. The Kier molecular flexibility index (Phi) is 6.66. The lowest BCUT2D eigenvalue weighted by atomic mass is 10.1. The molecule has 1 aliphatic rings. The van der Waals surface area contributed by atoms with Crippen LogP contribution in [-0.2, 0) is 21.3 Å². The third-order valence-corrected chi connectivity index (χ3v) is 7.99. The number of thiophene rings is 1. The molecule has 1 saturated heterocycles. The lowest BCUT2D eigenvalue weighted by molar-refractivity contribution is 0.0730. The van der Waals surface area contributed by atoms with Crippen LogP contribution >= 0.6 is 11.3 Å². The number of morpholine rings is 1. The number of sulfonamides is 1. The molecular weight excluding hydrogens is 448 g/mol. The molecule has 0 aliphatic carbocycles. The van der Waals surface area contributed by atoms with Crippen LogP contribution in [0.4, 0.5) is 0 Å². The summed E-state index contributed by atoms with van der Waals surface area (Å²) in [6.45, 7) is 5.31. The molecule has 0 atom stereocenters. The molecule has 8 nitrogen and oxygen atoms in total. The summed E-state index contributed by atoms with van der Waals surface area (Å²) in [5, 5.41) is 2.81. The number of amides is 1. The zero-order chi connectivity index (χ0) is 22.7. The van der Waals surface area contributed by atoms with Crippen molar-refractivity contribution < 1.29 is 17.9 Å². The van der Waals surface area contributed by atoms with Crippen molar-refractivity contribution in [2.24, 2.45) is 0 Å². The summed E-state index contributed by atoms with van der Waals surface area (Å²) >= 11 is 1.55. The Labute approximate surface area is 191 Å². The molecule has 168 valence electrons. The van der Waals surface area contributed by atoms with Crippen LogP contribution in [-0.4, -0.2) is 54.9 Å². The summed E-state index contributed by atoms with van der Waals surface area (Å²) in [5.74, 6) is -0.374. The first-order valence-corrected chi connectivity index (χ1v) is 12.4. The highest BCUT2D eigenvalue weighted by molar-refractivity contribution is 7.89. The number of nitrogens with one attached hydrogen (secondary N) is 1. The minimum Gasteiger partial charge on any atom is -0.379 e. The number of rotatable bonds is 6. The summed E-state index contributed by atoms with van der Waals surface area (Å²) in [5.41, 5.74) is 2.38. The van der Waals surface area contributed by atoms with Crippen molar-refractivity contribution in [1.82, 2.24) is 19.6 Å². The Bertz CT molecular complexity index is 1220. The Morgan fingerprint density at radius 1 is 1.12 bits per heavy atom. The molecule has 3 heterocycles. The van der Waals surface area contributed by atoms with E-state index in [1.54, 1.807) is 35.9 Å². The van der Waals surface area contributed by atoms with Gasteiger partial charge in [-0.15, -0.1) is 11.3 Å². The standard InChI is InChI=1S/C22H24N4O4S2/c1-15-12-24-19(13-23-15)14-25-22(27)18-9-17(21-4-3-16(2)31-21)10-20(11-18)32(28,29)26-5-7-30-8-6-26/h3-4,9-13H,5-8,14H2,1-2H3,(H,25,27). The molecule has 1 fully saturated rings. The number of nitrogens with zero attached hydrogens (tertiary/aromatic N) is 3. The van der Waals surface area contributed by atoms with Gasteiger partial charge in [-0.3, -0.25) is 14.8 Å². The van der Waals surface area contributed by atoms with Crippen molar-refractivity contribution in [3.05, 3.63) is 64.6 Å². The molecule has 1 aliphatic heterocycles. The van der Waals surface area contributed by atoms with E-state index >= 15 is 0 Å². The van der Waals surface area contributed by atoms with Gasteiger partial charge in [0.1, 0.15) is 0 Å². The topological polar surface area (TPSA) is 101 Å². The monoisotopic (exact) mass is 472 g/mol. The van der Waals surface area contributed by atoms with Gasteiger partial charge in [-0.1, -0.05) is 0 Å². The average molecular weight is 473 g/mol. The van der Waals surface area contributed by atoms with Crippen LogP contribution in [0.15, 0.2) is 47.6 Å². The summed E-state index contributed by atoms with van der Waals surface area (Å²) in [6, 6.07) is 8.70. The highest BCUT2D eigenvalue weighted by atomic mass is 32.2. The third kappa shape index (κ3) is 5.04. The second kappa shape index (κ2) is 9.45. The van der Waals surface area contributed by atoms with Gasteiger partial charge in [-0.25, -0.2) is 8.42 Å². The number of aromatic nitrogens is 2. The van der Waals surface area contributed by atoms with Crippen LogP contribution < -0.4 is 5.32 Å². The summed E-state index contributed by atoms with van der Waals surface area (Å²) in [6.07, 6.45) is 3.24. The van der Waals surface area contributed by atoms with Crippen molar-refractivity contribution >= 4 is 27.3 Å². The summed E-state index contributed by atoms with van der Waals surface area (Å²) in [7, 11) is -3.76. The molecule has 32 heavy (non-hydrogen) atoms. The Morgan fingerprint density at radius 3 is 2.56 bits per heavy atom. The number of carbonyl (C=O) groups excluding carboxylic acids is 1. The first-order valence-electron chi connectivity index (χ1n) is 10.2. The maximum Gasteiger partial charge on any atom is 0.251 e. The number of hydrogen-bond acceptors (Lipinski definition) is 7. The molecule has 2 aromatic heterocycles. The van der Waals surface area contributed by atoms with Crippen LogP contribution in [0.25, 0.3) is 10.4 Å². The van der Waals surface area contributed by atoms with Gasteiger partial charge in [-0.2, -0.15) is 4.31 Å². The van der Waals surface area contributed by atoms with E-state index < -0.39 is 10.0 Å². The lowest BCUT2D eigenvalue weighted by Gasteiger charge is -2.26. The van der Waals surface area contributed by atoms with E-state index in [0.29, 0.717) is 24.5 Å². The largest absolute Gasteiger partial charge is 0.379 e. The lowest BCUT2D eigenvalue weighted by Crippen LogP contribution is -2.40. The Morgan fingerprint density at radius 2 is 1.91 bits per heavy atom. The van der Waals surface area contributed by atoms with E-state index in [4.69, 9.17) is 4.74 Å². The third-order valence-electron chi connectivity index (χ3n) is 5.07. The number of ether oxygens (including phenoxy) is 1. The molecule has 0 saturated carbocycles. The fourth-order valence-corrected chi connectivity index (χ4v) is 5.67. The molecule has 1 aromatic carbocycles. The van der Waals surface area contributed by atoms with Gasteiger partial charge in [0.25, 0.3) is 5.91 Å². The van der Waals surface area contributed by atoms with E-state index in [9.17, 15) is 13.2 Å². The zero-order valence-electron chi connectivity index (χ0n) is 17.9. The van der Waals surface area contributed by atoms with E-state index in [1.165, 1.54) is 10.4 Å². The molecule has 3 aromatic rings. The van der Waals surface area contributed by atoms with Gasteiger partial charge >= 0.3 is 0 Å². The quantitative estimate of drug-likeness (QED) is 0.592. The molecule has 4 rings (SSSR count). The van der Waals surface area contributed by atoms with E-state index in [1.807, 2.05) is 26.0 Å². The molecular formula is C22H24N4O4S2. The second-order valence-electron chi connectivity index (χ2n) is 7.50. The Balaban J connectivity index is 1.66. The molecule has 10 heteroatoms. The van der Waals surface area contributed by atoms with Gasteiger partial charge in [0.15, 0.2) is 0 Å². The van der Waals surface area contributed by atoms with E-state index in [-0.39, 0.29) is 36.0 Å². The second-order valence-corrected chi connectivity index (χ2v) is 10.7. The first kappa shape index (κ1) is 22.5. The normalized spacial score (nSPS) is 14.9. The SMILES string of the molecule is Cc1cnc(CNC(=O)c2cc(-c3ccc(C)s3)cc(S(=O)(=O)N3CCOCC3)c2)cn1. The van der Waals surface area contributed by atoms with Crippen molar-refractivity contribution in [3.63, 3.8) is 0 Å². The van der Waals surface area contributed by atoms with Gasteiger partial charge in [-0.05, 0) is 49.7 Å². The minimum atomic E-state index is -3.76. The van der Waals surface area contributed by atoms with Gasteiger partial charge in [0.2, 0.25) is 10.0 Å². The van der Waals surface area contributed by atoms with Crippen molar-refractivity contribution in [1.29, 1.82) is 0 Å². The summed E-state index contributed by atoms with van der Waals surface area (Å²) in [4.78, 5) is 23.5. The van der Waals surface area contributed by atoms with E-state index in [2.05, 4.69) is 15.3 Å². The van der Waals surface area contributed by atoms with Crippen LogP contribution in [0.2, 0.25) is 0 Å². The maximum absolute atomic E-state index is 13.3. The Hall–Kier alpha value is -2.66. The van der Waals surface area contributed by atoms with Crippen molar-refractivity contribution in [2.75, 3.05) is 26.3 Å². The van der Waals surface area contributed by atoms with Crippen LogP contribution in [0.3, 0.4) is 0 Å². The predicted octanol–water partition coefficient (Wildman–Crippen LogP) is 2.77. The molecule has 0 spiro atoms. The highest BCUT2D eigenvalue weighted by Gasteiger charge is 2.28. The molecule has 1 amide bonds. The number of carbonyl (C=O) groups is 1. The summed E-state index contributed by atoms with van der Waals surface area (Å²) < 4.78 is 33.3. The average Bonchev–Trinajstić information content (AvgIpc) is 3.25. The van der Waals surface area contributed by atoms with Crippen LogP contribution in [0.1, 0.15) is 26.6 Å². The zero-order valence-corrected chi connectivity index (χ0v) is 19.5. The van der Waals surface area contributed by atoms with Gasteiger partial charge in [0.05, 0.1) is 42.2 Å².